The highest BCUT2D eigenvalue weighted by Crippen LogP contribution is 2.42. The van der Waals surface area contributed by atoms with E-state index >= 15 is 0 Å². The molecule has 2 aromatic rings. The molecule has 19 heavy (non-hydrogen) atoms. The molecule has 0 radical (unpaired) electrons. The minimum absolute atomic E-state index is 0.121. The zero-order valence-electron chi connectivity index (χ0n) is 10.5. The molecule has 1 aromatic carbocycles. The molecule has 2 rings (SSSR count). The van der Waals surface area contributed by atoms with E-state index in [0.717, 1.165) is 16.9 Å². The summed E-state index contributed by atoms with van der Waals surface area (Å²) in [4.78, 5) is 11.0. The summed E-state index contributed by atoms with van der Waals surface area (Å²) in [6.07, 6.45) is -0.752. The molecule has 1 N–H and O–H groups in total. The van der Waals surface area contributed by atoms with E-state index in [9.17, 15) is 15.2 Å². The average Bonchev–Trinajstić information content (AvgIpc) is 2.76. The molecule has 1 unspecified atom stereocenters. The molecule has 0 fully saturated rings. The van der Waals surface area contributed by atoms with E-state index in [-0.39, 0.29) is 10.8 Å². The van der Waals surface area contributed by atoms with Crippen LogP contribution in [0.5, 0.6) is 10.8 Å². The first-order valence-electron chi connectivity index (χ1n) is 5.68. The van der Waals surface area contributed by atoms with Crippen LogP contribution in [-0.2, 0) is 0 Å². The van der Waals surface area contributed by atoms with Gasteiger partial charge in [-0.1, -0.05) is 29.5 Å². The molecule has 0 saturated heterocycles. The lowest BCUT2D eigenvalue weighted by molar-refractivity contribution is -0.385. The van der Waals surface area contributed by atoms with Crippen molar-refractivity contribution < 1.29 is 14.8 Å². The normalized spacial score (nSPS) is 12.2. The van der Waals surface area contributed by atoms with E-state index in [2.05, 4.69) is 0 Å². The summed E-state index contributed by atoms with van der Waals surface area (Å²) in [5.41, 5.74) is 0.771. The lowest BCUT2D eigenvalue weighted by atomic mass is 10.2. The van der Waals surface area contributed by atoms with Crippen LogP contribution < -0.4 is 4.74 Å². The number of benzene rings is 1. The molecule has 5 nitrogen and oxygen atoms in total. The van der Waals surface area contributed by atoms with Gasteiger partial charge in [-0.25, -0.2) is 0 Å². The van der Waals surface area contributed by atoms with Crippen molar-refractivity contribution in [2.75, 3.05) is 0 Å². The van der Waals surface area contributed by atoms with Crippen LogP contribution in [0.2, 0.25) is 0 Å². The molecule has 0 aliphatic carbocycles. The van der Waals surface area contributed by atoms with E-state index in [0.29, 0.717) is 10.6 Å². The second-order valence-corrected chi connectivity index (χ2v) is 5.17. The van der Waals surface area contributed by atoms with Gasteiger partial charge in [0.05, 0.1) is 11.0 Å². The van der Waals surface area contributed by atoms with Crippen LogP contribution in [0.4, 0.5) is 5.69 Å². The zero-order valence-corrected chi connectivity index (χ0v) is 11.3. The molecule has 6 heteroatoms. The molecule has 100 valence electrons. The Morgan fingerprint density at radius 3 is 2.68 bits per heavy atom. The van der Waals surface area contributed by atoms with Gasteiger partial charge in [0.1, 0.15) is 5.75 Å². The van der Waals surface area contributed by atoms with Crippen molar-refractivity contribution in [3.63, 3.8) is 0 Å². The maximum atomic E-state index is 11.0. The number of thiophene rings is 1. The third kappa shape index (κ3) is 2.91. The van der Waals surface area contributed by atoms with Gasteiger partial charge in [-0.3, -0.25) is 10.1 Å². The number of aryl methyl sites for hydroxylation is 1. The second kappa shape index (κ2) is 5.38. The van der Waals surface area contributed by atoms with Crippen molar-refractivity contribution in [1.29, 1.82) is 0 Å². The quantitative estimate of drug-likeness (QED) is 0.682. The Bertz CT molecular complexity index is 606. The van der Waals surface area contributed by atoms with E-state index in [1.54, 1.807) is 19.1 Å². The largest absolute Gasteiger partial charge is 0.440 e. The smallest absolute Gasteiger partial charge is 0.323 e. The third-order valence-corrected chi connectivity index (χ3v) is 3.78. The second-order valence-electron chi connectivity index (χ2n) is 4.12. The number of aliphatic hydroxyl groups is 1. The maximum Gasteiger partial charge on any atom is 0.323 e. The Morgan fingerprint density at radius 1 is 1.42 bits per heavy atom. The Labute approximate surface area is 114 Å². The van der Waals surface area contributed by atoms with Crippen molar-refractivity contribution in [3.8, 4) is 10.8 Å². The van der Waals surface area contributed by atoms with E-state index in [1.807, 2.05) is 19.1 Å². The van der Waals surface area contributed by atoms with Crippen molar-refractivity contribution in [2.45, 2.75) is 20.0 Å². The molecule has 1 aromatic heterocycles. The highest BCUT2D eigenvalue weighted by molar-refractivity contribution is 7.14. The zero-order chi connectivity index (χ0) is 14.0. The average molecular weight is 279 g/mol. The van der Waals surface area contributed by atoms with Crippen LogP contribution in [0.3, 0.4) is 0 Å². The summed E-state index contributed by atoms with van der Waals surface area (Å²) in [5, 5.41) is 20.7. The number of hydrogen-bond donors (Lipinski definition) is 1. The molecule has 0 aliphatic heterocycles. The van der Waals surface area contributed by atoms with Gasteiger partial charge in [-0.05, 0) is 25.5 Å². The van der Waals surface area contributed by atoms with E-state index < -0.39 is 11.0 Å². The summed E-state index contributed by atoms with van der Waals surface area (Å²) in [6, 6.07) is 8.64. The van der Waals surface area contributed by atoms with Crippen molar-refractivity contribution in [3.05, 3.63) is 50.9 Å². The molecule has 0 bridgehead atoms. The minimum Gasteiger partial charge on any atom is -0.440 e. The number of rotatable bonds is 4. The molecule has 0 saturated carbocycles. The number of para-hydroxylation sites is 1. The monoisotopic (exact) mass is 279 g/mol. The molecular formula is C13H13NO4S. The van der Waals surface area contributed by atoms with Crippen LogP contribution in [0.1, 0.15) is 23.5 Å². The standard InChI is InChI=1S/C13H13NO4S/c1-8-5-3-4-6-11(8)18-13-10(14(16)17)7-12(19-13)9(2)15/h3-7,9,15H,1-2H3. The SMILES string of the molecule is Cc1ccccc1Oc1sc(C(C)O)cc1[N+](=O)[O-]. The molecule has 0 aliphatic rings. The lowest BCUT2D eigenvalue weighted by Crippen LogP contribution is -1.90. The van der Waals surface area contributed by atoms with Crippen LogP contribution in [0, 0.1) is 17.0 Å². The van der Waals surface area contributed by atoms with Gasteiger partial charge in [0.15, 0.2) is 0 Å². The Balaban J connectivity index is 2.39. The highest BCUT2D eigenvalue weighted by Gasteiger charge is 2.23. The third-order valence-electron chi connectivity index (χ3n) is 2.60. The van der Waals surface area contributed by atoms with Crippen LogP contribution >= 0.6 is 11.3 Å². The van der Waals surface area contributed by atoms with Crippen LogP contribution in [0.15, 0.2) is 30.3 Å². The number of nitrogens with zero attached hydrogens (tertiary/aromatic N) is 1. The highest BCUT2D eigenvalue weighted by atomic mass is 32.1. The fourth-order valence-corrected chi connectivity index (χ4v) is 2.48. The number of ether oxygens (including phenoxy) is 1. The minimum atomic E-state index is -0.752. The summed E-state index contributed by atoms with van der Waals surface area (Å²) in [6.45, 7) is 3.43. The molecule has 1 atom stereocenters. The van der Waals surface area contributed by atoms with Gasteiger partial charge >= 0.3 is 5.69 Å². The first-order valence-corrected chi connectivity index (χ1v) is 6.50. The molecule has 1 heterocycles. The fourth-order valence-electron chi connectivity index (χ4n) is 1.56. The van der Waals surface area contributed by atoms with Crippen LogP contribution in [-0.4, -0.2) is 10.0 Å². The van der Waals surface area contributed by atoms with E-state index in [4.69, 9.17) is 4.74 Å². The van der Waals surface area contributed by atoms with Gasteiger partial charge in [0, 0.05) is 10.9 Å². The van der Waals surface area contributed by atoms with E-state index in [1.165, 1.54) is 6.07 Å². The molecular weight excluding hydrogens is 266 g/mol. The number of aliphatic hydroxyl groups excluding tert-OH is 1. The van der Waals surface area contributed by atoms with Gasteiger partial charge in [-0.15, -0.1) is 0 Å². The summed E-state index contributed by atoms with van der Waals surface area (Å²) in [7, 11) is 0. The van der Waals surface area contributed by atoms with Crippen molar-refractivity contribution >= 4 is 17.0 Å². The van der Waals surface area contributed by atoms with Gasteiger partial charge in [-0.2, -0.15) is 0 Å². The Morgan fingerprint density at radius 2 is 2.11 bits per heavy atom. The fraction of sp³-hybridized carbons (Fsp3) is 0.231. The Hall–Kier alpha value is -1.92. The summed E-state index contributed by atoms with van der Waals surface area (Å²) < 4.78 is 5.60. The Kier molecular flexibility index (Phi) is 3.82. The van der Waals surface area contributed by atoms with Gasteiger partial charge in [0.2, 0.25) is 0 Å². The first kappa shape index (κ1) is 13.5. The van der Waals surface area contributed by atoms with Gasteiger partial charge in [0.25, 0.3) is 5.06 Å². The van der Waals surface area contributed by atoms with Crippen LogP contribution in [0.25, 0.3) is 0 Å². The predicted molar refractivity (Wildman–Crippen MR) is 72.9 cm³/mol. The topological polar surface area (TPSA) is 72.6 Å². The van der Waals surface area contributed by atoms with Gasteiger partial charge < -0.3 is 9.84 Å². The predicted octanol–water partition coefficient (Wildman–Crippen LogP) is 3.81. The molecule has 0 spiro atoms. The first-order chi connectivity index (χ1) is 8.99. The number of nitro groups is 1. The number of hydrogen-bond acceptors (Lipinski definition) is 5. The van der Waals surface area contributed by atoms with Crippen molar-refractivity contribution in [1.82, 2.24) is 0 Å². The summed E-state index contributed by atoms with van der Waals surface area (Å²) >= 11 is 1.09. The molecule has 0 amide bonds. The van der Waals surface area contributed by atoms with Crippen molar-refractivity contribution in [2.24, 2.45) is 0 Å². The summed E-state index contributed by atoms with van der Waals surface area (Å²) in [5.74, 6) is 0.574. The maximum absolute atomic E-state index is 11.0. The lowest BCUT2D eigenvalue weighted by Gasteiger charge is -2.05.